The highest BCUT2D eigenvalue weighted by atomic mass is 16.4. The van der Waals surface area contributed by atoms with Crippen LogP contribution in [0.3, 0.4) is 0 Å². The van der Waals surface area contributed by atoms with E-state index in [4.69, 9.17) is 14.4 Å². The van der Waals surface area contributed by atoms with E-state index in [1.807, 2.05) is 42.3 Å². The monoisotopic (exact) mass is 361 g/mol. The quantitative estimate of drug-likeness (QED) is 0.573. The molecule has 0 bridgehead atoms. The lowest BCUT2D eigenvalue weighted by Crippen LogP contribution is -2.27. The fourth-order valence-corrected chi connectivity index (χ4v) is 2.93. The van der Waals surface area contributed by atoms with Crippen molar-refractivity contribution in [2.45, 2.75) is 19.9 Å². The Morgan fingerprint density at radius 2 is 1.85 bits per heavy atom. The van der Waals surface area contributed by atoms with E-state index in [1.54, 1.807) is 12.1 Å². The minimum absolute atomic E-state index is 0.183. The zero-order valence-corrected chi connectivity index (χ0v) is 15.3. The standard InChI is InChI=1S/C21H19N3O3/c1-12(2)24(3)20-19(18-11-13-6-4-5-7-17(13)27-18)22-15-9-8-14(21(25)26)10-16(15)23-20/h4-12H,1-3H3,(H,25,26). The molecule has 0 aliphatic heterocycles. The van der Waals surface area contributed by atoms with Gasteiger partial charge in [0, 0.05) is 18.5 Å². The van der Waals surface area contributed by atoms with E-state index in [0.29, 0.717) is 28.3 Å². The van der Waals surface area contributed by atoms with Crippen LogP contribution in [0.15, 0.2) is 52.9 Å². The minimum atomic E-state index is -0.987. The number of fused-ring (bicyclic) bond motifs is 2. The second kappa shape index (κ2) is 6.39. The molecule has 0 saturated carbocycles. The van der Waals surface area contributed by atoms with Crippen LogP contribution in [0.5, 0.6) is 0 Å². The van der Waals surface area contributed by atoms with Gasteiger partial charge in [-0.05, 0) is 44.2 Å². The molecule has 0 unspecified atom stereocenters. The van der Waals surface area contributed by atoms with Crippen LogP contribution in [0.4, 0.5) is 5.82 Å². The maximum absolute atomic E-state index is 11.3. The van der Waals surface area contributed by atoms with Crippen LogP contribution in [0.25, 0.3) is 33.5 Å². The predicted octanol–water partition coefficient (Wildman–Crippen LogP) is 4.59. The largest absolute Gasteiger partial charge is 0.478 e. The summed E-state index contributed by atoms with van der Waals surface area (Å²) in [5.41, 5.74) is 2.77. The highest BCUT2D eigenvalue weighted by molar-refractivity contribution is 5.93. The maximum atomic E-state index is 11.3. The van der Waals surface area contributed by atoms with E-state index in [2.05, 4.69) is 13.8 Å². The lowest BCUT2D eigenvalue weighted by Gasteiger charge is -2.24. The Hall–Kier alpha value is -3.41. The second-order valence-electron chi connectivity index (χ2n) is 6.76. The van der Waals surface area contributed by atoms with Crippen LogP contribution in [0, 0.1) is 0 Å². The molecule has 136 valence electrons. The van der Waals surface area contributed by atoms with Gasteiger partial charge in [0.15, 0.2) is 11.6 Å². The Labute approximate surface area is 156 Å². The van der Waals surface area contributed by atoms with E-state index in [9.17, 15) is 9.90 Å². The van der Waals surface area contributed by atoms with E-state index in [-0.39, 0.29) is 11.6 Å². The molecule has 6 nitrogen and oxygen atoms in total. The number of anilines is 1. The van der Waals surface area contributed by atoms with E-state index in [0.717, 1.165) is 11.0 Å². The number of carboxylic acids is 1. The number of carboxylic acid groups (broad SMARTS) is 1. The van der Waals surface area contributed by atoms with Gasteiger partial charge in [0.2, 0.25) is 0 Å². The number of furan rings is 1. The number of aromatic carboxylic acids is 1. The predicted molar refractivity (Wildman–Crippen MR) is 105 cm³/mol. The Kier molecular flexibility index (Phi) is 4.03. The molecule has 0 spiro atoms. The first kappa shape index (κ1) is 17.0. The van der Waals surface area contributed by atoms with Gasteiger partial charge in [-0.25, -0.2) is 14.8 Å². The first-order valence-corrected chi connectivity index (χ1v) is 8.71. The number of aromatic nitrogens is 2. The Morgan fingerprint density at radius 3 is 2.56 bits per heavy atom. The first-order chi connectivity index (χ1) is 12.9. The zero-order chi connectivity index (χ0) is 19.1. The number of para-hydroxylation sites is 1. The summed E-state index contributed by atoms with van der Waals surface area (Å²) in [6.07, 6.45) is 0. The van der Waals surface area contributed by atoms with Gasteiger partial charge in [0.1, 0.15) is 11.3 Å². The van der Waals surface area contributed by atoms with Gasteiger partial charge in [-0.15, -0.1) is 0 Å². The third kappa shape index (κ3) is 2.99. The van der Waals surface area contributed by atoms with Crippen LogP contribution in [-0.2, 0) is 0 Å². The van der Waals surface area contributed by atoms with Crippen molar-refractivity contribution >= 4 is 33.8 Å². The summed E-state index contributed by atoms with van der Waals surface area (Å²) in [6.45, 7) is 4.12. The summed E-state index contributed by atoms with van der Waals surface area (Å²) < 4.78 is 6.01. The summed E-state index contributed by atoms with van der Waals surface area (Å²) in [5, 5.41) is 10.2. The minimum Gasteiger partial charge on any atom is -0.478 e. The number of hydrogen-bond donors (Lipinski definition) is 1. The molecule has 2 heterocycles. The average Bonchev–Trinajstić information content (AvgIpc) is 3.09. The maximum Gasteiger partial charge on any atom is 0.335 e. The smallest absolute Gasteiger partial charge is 0.335 e. The summed E-state index contributed by atoms with van der Waals surface area (Å²) in [6, 6.07) is 14.7. The molecular formula is C21H19N3O3. The molecule has 1 N–H and O–H groups in total. The van der Waals surface area contributed by atoms with Crippen molar-refractivity contribution < 1.29 is 14.3 Å². The van der Waals surface area contributed by atoms with E-state index < -0.39 is 5.97 Å². The zero-order valence-electron chi connectivity index (χ0n) is 15.3. The third-order valence-electron chi connectivity index (χ3n) is 4.66. The lowest BCUT2D eigenvalue weighted by atomic mass is 10.1. The molecule has 6 heteroatoms. The number of rotatable bonds is 4. The normalized spacial score (nSPS) is 11.4. The van der Waals surface area contributed by atoms with Gasteiger partial charge in [-0.2, -0.15) is 0 Å². The summed E-state index contributed by atoms with van der Waals surface area (Å²) in [5.74, 6) is 0.299. The fraction of sp³-hybridized carbons (Fsp3) is 0.190. The van der Waals surface area contributed by atoms with Crippen LogP contribution >= 0.6 is 0 Å². The lowest BCUT2D eigenvalue weighted by molar-refractivity contribution is 0.0697. The van der Waals surface area contributed by atoms with Crippen molar-refractivity contribution in [1.29, 1.82) is 0 Å². The van der Waals surface area contributed by atoms with Crippen molar-refractivity contribution in [3.8, 4) is 11.5 Å². The van der Waals surface area contributed by atoms with Crippen molar-refractivity contribution in [1.82, 2.24) is 9.97 Å². The summed E-state index contributed by atoms with van der Waals surface area (Å²) >= 11 is 0. The molecule has 27 heavy (non-hydrogen) atoms. The molecule has 0 radical (unpaired) electrons. The molecule has 4 rings (SSSR count). The summed E-state index contributed by atoms with van der Waals surface area (Å²) in [4.78, 5) is 22.8. The molecular weight excluding hydrogens is 342 g/mol. The highest BCUT2D eigenvalue weighted by Gasteiger charge is 2.20. The van der Waals surface area contributed by atoms with Crippen molar-refractivity contribution in [3.63, 3.8) is 0 Å². The topological polar surface area (TPSA) is 79.5 Å². The SMILES string of the molecule is CC(C)N(C)c1nc2cc(C(=O)O)ccc2nc1-c1cc2ccccc2o1. The van der Waals surface area contributed by atoms with E-state index in [1.165, 1.54) is 6.07 Å². The molecule has 0 aliphatic rings. The number of nitrogens with zero attached hydrogens (tertiary/aromatic N) is 3. The molecule has 0 aliphatic carbocycles. The van der Waals surface area contributed by atoms with Crippen molar-refractivity contribution in [3.05, 3.63) is 54.1 Å². The van der Waals surface area contributed by atoms with Gasteiger partial charge < -0.3 is 14.4 Å². The van der Waals surface area contributed by atoms with Gasteiger partial charge >= 0.3 is 5.97 Å². The van der Waals surface area contributed by atoms with Gasteiger partial charge in [-0.1, -0.05) is 18.2 Å². The first-order valence-electron chi connectivity index (χ1n) is 8.71. The average molecular weight is 361 g/mol. The Morgan fingerprint density at radius 1 is 1.07 bits per heavy atom. The number of benzene rings is 2. The molecule has 0 atom stereocenters. The highest BCUT2D eigenvalue weighted by Crippen LogP contribution is 2.34. The van der Waals surface area contributed by atoms with Gasteiger partial charge in [0.05, 0.1) is 16.6 Å². The van der Waals surface area contributed by atoms with E-state index >= 15 is 0 Å². The number of carbonyl (C=O) groups is 1. The molecule has 0 saturated heterocycles. The summed E-state index contributed by atoms with van der Waals surface area (Å²) in [7, 11) is 1.94. The molecule has 0 fully saturated rings. The molecule has 0 amide bonds. The van der Waals surface area contributed by atoms with Gasteiger partial charge in [-0.3, -0.25) is 0 Å². The molecule has 4 aromatic rings. The molecule has 2 aromatic carbocycles. The van der Waals surface area contributed by atoms with Crippen molar-refractivity contribution in [2.24, 2.45) is 0 Å². The van der Waals surface area contributed by atoms with Crippen LogP contribution in [-0.4, -0.2) is 34.1 Å². The Bertz CT molecular complexity index is 1130. The third-order valence-corrected chi connectivity index (χ3v) is 4.66. The van der Waals surface area contributed by atoms with Gasteiger partial charge in [0.25, 0.3) is 0 Å². The second-order valence-corrected chi connectivity index (χ2v) is 6.76. The molecule has 2 aromatic heterocycles. The Balaban J connectivity index is 1.97. The fourth-order valence-electron chi connectivity index (χ4n) is 2.93. The van der Waals surface area contributed by atoms with Crippen LogP contribution < -0.4 is 4.90 Å². The van der Waals surface area contributed by atoms with Crippen LogP contribution in [0.1, 0.15) is 24.2 Å². The number of hydrogen-bond acceptors (Lipinski definition) is 5. The van der Waals surface area contributed by atoms with Crippen LogP contribution in [0.2, 0.25) is 0 Å². The van der Waals surface area contributed by atoms with Crippen molar-refractivity contribution in [2.75, 3.05) is 11.9 Å².